The molecular formula is C21H25N3OS2. The highest BCUT2D eigenvalue weighted by atomic mass is 32.1. The van der Waals surface area contributed by atoms with Crippen LogP contribution in [0.15, 0.2) is 18.3 Å². The Kier molecular flexibility index (Phi) is 5.66. The van der Waals surface area contributed by atoms with Crippen LogP contribution in [0, 0.1) is 5.92 Å². The van der Waals surface area contributed by atoms with Gasteiger partial charge in [0, 0.05) is 40.9 Å². The standard InChI is InChI=1S/C21H25N3OS2/c1-13(2)5-3-6-14(25)11-17-19(15-8-10-22-12-18(15)26-17)21-24-20-16(27-21)7-4-9-23-20/h4,7,9,13,22H,3,5-6,8,10-12H2,1-2H3. The number of rotatable bonds is 7. The maximum atomic E-state index is 12.6. The van der Waals surface area contributed by atoms with Gasteiger partial charge in [-0.3, -0.25) is 4.79 Å². The summed E-state index contributed by atoms with van der Waals surface area (Å²) < 4.78 is 1.11. The van der Waals surface area contributed by atoms with E-state index in [4.69, 9.17) is 4.98 Å². The summed E-state index contributed by atoms with van der Waals surface area (Å²) >= 11 is 3.49. The van der Waals surface area contributed by atoms with Crippen LogP contribution in [0.1, 0.15) is 48.4 Å². The number of carbonyl (C=O) groups excluding carboxylic acids is 1. The number of fused-ring (bicyclic) bond motifs is 2. The number of pyridine rings is 1. The van der Waals surface area contributed by atoms with Crippen molar-refractivity contribution in [1.82, 2.24) is 15.3 Å². The molecule has 6 heteroatoms. The summed E-state index contributed by atoms with van der Waals surface area (Å²) in [4.78, 5) is 24.4. The zero-order valence-corrected chi connectivity index (χ0v) is 17.5. The Hall–Kier alpha value is -1.63. The monoisotopic (exact) mass is 399 g/mol. The Morgan fingerprint density at radius 3 is 3.04 bits per heavy atom. The lowest BCUT2D eigenvalue weighted by molar-refractivity contribution is -0.118. The first-order valence-corrected chi connectivity index (χ1v) is 11.3. The SMILES string of the molecule is CC(C)CCCC(=O)Cc1sc2c(c1-c1nc3ncccc3s1)CCNC2. The molecule has 0 fully saturated rings. The van der Waals surface area contributed by atoms with Crippen molar-refractivity contribution in [3.05, 3.63) is 33.6 Å². The number of thiophene rings is 1. The lowest BCUT2D eigenvalue weighted by atomic mass is 9.99. The zero-order chi connectivity index (χ0) is 18.8. The summed E-state index contributed by atoms with van der Waals surface area (Å²) in [6.07, 6.45) is 6.12. The van der Waals surface area contributed by atoms with Crippen LogP contribution in [0.4, 0.5) is 0 Å². The normalized spacial score (nSPS) is 14.0. The van der Waals surface area contributed by atoms with E-state index >= 15 is 0 Å². The van der Waals surface area contributed by atoms with E-state index < -0.39 is 0 Å². The minimum atomic E-state index is 0.350. The van der Waals surface area contributed by atoms with Gasteiger partial charge in [-0.2, -0.15) is 0 Å². The average Bonchev–Trinajstić information content (AvgIpc) is 3.21. The fourth-order valence-corrected chi connectivity index (χ4v) is 6.06. The summed E-state index contributed by atoms with van der Waals surface area (Å²) in [6, 6.07) is 4.02. The molecule has 0 aromatic carbocycles. The Morgan fingerprint density at radius 1 is 1.33 bits per heavy atom. The van der Waals surface area contributed by atoms with Crippen molar-refractivity contribution in [2.24, 2.45) is 5.92 Å². The van der Waals surface area contributed by atoms with Crippen LogP contribution in [0.5, 0.6) is 0 Å². The van der Waals surface area contributed by atoms with Gasteiger partial charge in [0.15, 0.2) is 5.65 Å². The molecule has 4 heterocycles. The molecule has 0 aliphatic carbocycles. The van der Waals surface area contributed by atoms with Gasteiger partial charge in [0.2, 0.25) is 0 Å². The number of carbonyl (C=O) groups is 1. The first kappa shape index (κ1) is 18.7. The van der Waals surface area contributed by atoms with Crippen molar-refractivity contribution in [3.63, 3.8) is 0 Å². The van der Waals surface area contributed by atoms with Gasteiger partial charge in [-0.1, -0.05) is 20.3 Å². The fourth-order valence-electron chi connectivity index (χ4n) is 3.62. The topological polar surface area (TPSA) is 54.9 Å². The quantitative estimate of drug-likeness (QED) is 0.607. The summed E-state index contributed by atoms with van der Waals surface area (Å²) in [6.45, 7) is 6.31. The molecule has 0 saturated heterocycles. The van der Waals surface area contributed by atoms with Crippen LogP contribution in [-0.2, 0) is 24.2 Å². The number of nitrogens with zero attached hydrogens (tertiary/aromatic N) is 2. The number of thiazole rings is 1. The Bertz CT molecular complexity index is 925. The summed E-state index contributed by atoms with van der Waals surface area (Å²) in [5.41, 5.74) is 3.42. The molecule has 142 valence electrons. The van der Waals surface area contributed by atoms with Crippen molar-refractivity contribution in [1.29, 1.82) is 0 Å². The van der Waals surface area contributed by atoms with Crippen molar-refractivity contribution < 1.29 is 4.79 Å². The molecule has 3 aromatic rings. The zero-order valence-electron chi connectivity index (χ0n) is 15.9. The number of nitrogens with one attached hydrogen (secondary N) is 1. The first-order chi connectivity index (χ1) is 13.1. The first-order valence-electron chi connectivity index (χ1n) is 9.69. The second-order valence-corrected chi connectivity index (χ2v) is 9.79. The Balaban J connectivity index is 1.65. The predicted octanol–water partition coefficient (Wildman–Crippen LogP) is 5.00. The van der Waals surface area contributed by atoms with E-state index in [-0.39, 0.29) is 0 Å². The average molecular weight is 400 g/mol. The number of hydrogen-bond donors (Lipinski definition) is 1. The molecule has 27 heavy (non-hydrogen) atoms. The highest BCUT2D eigenvalue weighted by molar-refractivity contribution is 7.22. The van der Waals surface area contributed by atoms with Gasteiger partial charge in [-0.05, 0) is 43.0 Å². The van der Waals surface area contributed by atoms with Crippen molar-refractivity contribution in [2.45, 2.75) is 52.5 Å². The molecule has 0 radical (unpaired) electrons. The van der Waals surface area contributed by atoms with Gasteiger partial charge in [-0.15, -0.1) is 22.7 Å². The number of aromatic nitrogens is 2. The van der Waals surface area contributed by atoms with Gasteiger partial charge in [0.25, 0.3) is 0 Å². The Labute approximate surface area is 168 Å². The molecule has 4 rings (SSSR count). The van der Waals surface area contributed by atoms with E-state index in [0.717, 1.165) is 47.7 Å². The molecule has 0 amide bonds. The number of Topliss-reactive ketones (excluding diaryl/α,β-unsaturated/α-hetero) is 1. The third-order valence-electron chi connectivity index (χ3n) is 4.97. The smallest absolute Gasteiger partial charge is 0.170 e. The third-order valence-corrected chi connectivity index (χ3v) is 7.23. The van der Waals surface area contributed by atoms with E-state index in [1.807, 2.05) is 6.07 Å². The fraction of sp³-hybridized carbons (Fsp3) is 0.476. The molecule has 4 nitrogen and oxygen atoms in total. The van der Waals surface area contributed by atoms with Gasteiger partial charge >= 0.3 is 0 Å². The maximum absolute atomic E-state index is 12.6. The van der Waals surface area contributed by atoms with E-state index in [0.29, 0.717) is 24.5 Å². The molecule has 0 bridgehead atoms. The lowest BCUT2D eigenvalue weighted by Crippen LogP contribution is -2.22. The third kappa shape index (κ3) is 4.13. The van der Waals surface area contributed by atoms with E-state index in [1.54, 1.807) is 28.9 Å². The number of ketones is 1. The maximum Gasteiger partial charge on any atom is 0.170 e. The molecule has 1 N–H and O–H groups in total. The van der Waals surface area contributed by atoms with Crippen LogP contribution in [0.25, 0.3) is 20.9 Å². The number of hydrogen-bond acceptors (Lipinski definition) is 6. The summed E-state index contributed by atoms with van der Waals surface area (Å²) in [5.74, 6) is 1.01. The molecule has 1 aliphatic heterocycles. The van der Waals surface area contributed by atoms with Crippen LogP contribution in [0.3, 0.4) is 0 Å². The second-order valence-electron chi connectivity index (χ2n) is 7.57. The van der Waals surface area contributed by atoms with Crippen molar-refractivity contribution >= 4 is 38.8 Å². The van der Waals surface area contributed by atoms with Gasteiger partial charge in [0.1, 0.15) is 10.8 Å². The van der Waals surface area contributed by atoms with Gasteiger partial charge < -0.3 is 5.32 Å². The second kappa shape index (κ2) is 8.17. The predicted molar refractivity (Wildman–Crippen MR) is 114 cm³/mol. The van der Waals surface area contributed by atoms with Crippen LogP contribution in [0.2, 0.25) is 0 Å². The van der Waals surface area contributed by atoms with E-state index in [9.17, 15) is 4.79 Å². The van der Waals surface area contributed by atoms with Gasteiger partial charge in [0.05, 0.1) is 4.70 Å². The van der Waals surface area contributed by atoms with Crippen LogP contribution < -0.4 is 5.32 Å². The molecule has 0 unspecified atom stereocenters. The molecule has 0 saturated carbocycles. The minimum Gasteiger partial charge on any atom is -0.312 e. The van der Waals surface area contributed by atoms with Crippen molar-refractivity contribution in [3.8, 4) is 10.6 Å². The molecule has 3 aromatic heterocycles. The largest absolute Gasteiger partial charge is 0.312 e. The summed E-state index contributed by atoms with van der Waals surface area (Å²) in [7, 11) is 0. The van der Waals surface area contributed by atoms with E-state index in [2.05, 4.69) is 30.2 Å². The molecule has 1 aliphatic rings. The molecule has 0 spiro atoms. The van der Waals surface area contributed by atoms with Crippen molar-refractivity contribution in [2.75, 3.05) is 6.54 Å². The lowest BCUT2D eigenvalue weighted by Gasteiger charge is -2.13. The van der Waals surface area contributed by atoms with Crippen LogP contribution in [-0.4, -0.2) is 22.3 Å². The molecular weight excluding hydrogens is 374 g/mol. The highest BCUT2D eigenvalue weighted by Gasteiger charge is 2.25. The van der Waals surface area contributed by atoms with Gasteiger partial charge in [-0.25, -0.2) is 9.97 Å². The summed E-state index contributed by atoms with van der Waals surface area (Å²) in [5, 5.41) is 4.48. The van der Waals surface area contributed by atoms with E-state index in [1.165, 1.54) is 20.9 Å². The molecule has 0 atom stereocenters. The highest BCUT2D eigenvalue weighted by Crippen LogP contribution is 2.41. The van der Waals surface area contributed by atoms with Crippen LogP contribution >= 0.6 is 22.7 Å². The Morgan fingerprint density at radius 2 is 2.22 bits per heavy atom. The minimum absolute atomic E-state index is 0.350.